The van der Waals surface area contributed by atoms with Crippen LogP contribution in [0.4, 0.5) is 0 Å². The number of piperidine rings is 3. The lowest BCUT2D eigenvalue weighted by Gasteiger charge is -2.56. The van der Waals surface area contributed by atoms with Gasteiger partial charge in [-0.25, -0.2) is 0 Å². The number of nitrogens with one attached hydrogen (secondary N) is 1. The number of benzene rings is 3. The SMILES string of the molecule is COC(=O)[C@H]1C[C@H]2CCN1[C@H](C(c1ccccc1)c1ccccc1)[C@@H]2NCc1cc(SC)ccc1OC.Cl.Cl. The number of hydrogen-bond donors (Lipinski definition) is 1. The smallest absolute Gasteiger partial charge is 0.323 e. The van der Waals surface area contributed by atoms with E-state index in [1.165, 1.54) is 23.1 Å². The van der Waals surface area contributed by atoms with Gasteiger partial charge in [0.05, 0.1) is 14.2 Å². The van der Waals surface area contributed by atoms with Gasteiger partial charge in [-0.2, -0.15) is 0 Å². The van der Waals surface area contributed by atoms with Gasteiger partial charge in [0.25, 0.3) is 0 Å². The molecule has 0 saturated carbocycles. The molecule has 1 unspecified atom stereocenters. The fourth-order valence-electron chi connectivity index (χ4n) is 6.39. The fraction of sp³-hybridized carbons (Fsp3) is 0.387. The zero-order valence-electron chi connectivity index (χ0n) is 22.6. The van der Waals surface area contributed by atoms with Crippen LogP contribution in [0.5, 0.6) is 5.75 Å². The predicted molar refractivity (Wildman–Crippen MR) is 164 cm³/mol. The molecule has 0 aliphatic carbocycles. The van der Waals surface area contributed by atoms with E-state index in [9.17, 15) is 4.79 Å². The van der Waals surface area contributed by atoms with Crippen LogP contribution < -0.4 is 10.1 Å². The van der Waals surface area contributed by atoms with Gasteiger partial charge in [0.1, 0.15) is 11.8 Å². The van der Waals surface area contributed by atoms with E-state index in [0.29, 0.717) is 12.5 Å². The number of carbonyl (C=O) groups excluding carboxylic acids is 1. The van der Waals surface area contributed by atoms with Crippen LogP contribution in [-0.2, 0) is 16.1 Å². The second-order valence-electron chi connectivity index (χ2n) is 9.94. The van der Waals surface area contributed by atoms with Crippen molar-refractivity contribution in [2.75, 3.05) is 27.0 Å². The van der Waals surface area contributed by atoms with Crippen molar-refractivity contribution in [3.63, 3.8) is 0 Å². The van der Waals surface area contributed by atoms with E-state index in [4.69, 9.17) is 9.47 Å². The van der Waals surface area contributed by atoms with Gasteiger partial charge in [-0.05, 0) is 60.9 Å². The van der Waals surface area contributed by atoms with E-state index >= 15 is 0 Å². The zero-order valence-corrected chi connectivity index (χ0v) is 25.1. The van der Waals surface area contributed by atoms with Gasteiger partial charge in [0.2, 0.25) is 0 Å². The minimum Gasteiger partial charge on any atom is -0.496 e. The molecule has 3 aromatic rings. The summed E-state index contributed by atoms with van der Waals surface area (Å²) >= 11 is 1.74. The summed E-state index contributed by atoms with van der Waals surface area (Å²) in [5.41, 5.74) is 3.69. The maximum atomic E-state index is 12.9. The molecule has 3 aliphatic heterocycles. The van der Waals surface area contributed by atoms with Crippen LogP contribution in [0.25, 0.3) is 0 Å². The monoisotopic (exact) mass is 588 g/mol. The molecule has 39 heavy (non-hydrogen) atoms. The molecule has 3 aromatic carbocycles. The molecule has 0 amide bonds. The Morgan fingerprint density at radius 3 is 2.21 bits per heavy atom. The normalized spacial score (nSPS) is 23.4. The van der Waals surface area contributed by atoms with Crippen molar-refractivity contribution in [3.8, 4) is 5.75 Å². The Morgan fingerprint density at radius 1 is 1.00 bits per heavy atom. The molecule has 0 spiro atoms. The van der Waals surface area contributed by atoms with Crippen LogP contribution in [0.15, 0.2) is 83.8 Å². The molecule has 210 valence electrons. The van der Waals surface area contributed by atoms with E-state index in [2.05, 4.69) is 95.3 Å². The number of fused-ring (bicyclic) bond motifs is 3. The van der Waals surface area contributed by atoms with Gasteiger partial charge in [-0.15, -0.1) is 36.6 Å². The first kappa shape index (κ1) is 31.3. The molecule has 5 nitrogen and oxygen atoms in total. The summed E-state index contributed by atoms with van der Waals surface area (Å²) in [6, 6.07) is 27.9. The second-order valence-corrected chi connectivity index (χ2v) is 10.8. The number of ether oxygens (including phenoxy) is 2. The third kappa shape index (κ3) is 6.58. The van der Waals surface area contributed by atoms with E-state index in [1.54, 1.807) is 18.9 Å². The molecule has 1 N–H and O–H groups in total. The summed E-state index contributed by atoms with van der Waals surface area (Å²) < 4.78 is 11.0. The molecule has 5 atom stereocenters. The van der Waals surface area contributed by atoms with E-state index in [0.717, 1.165) is 30.7 Å². The number of methoxy groups -OCH3 is 2. The Morgan fingerprint density at radius 2 is 1.64 bits per heavy atom. The van der Waals surface area contributed by atoms with Crippen molar-refractivity contribution in [2.24, 2.45) is 5.92 Å². The summed E-state index contributed by atoms with van der Waals surface area (Å²) in [5, 5.41) is 3.96. The lowest BCUT2D eigenvalue weighted by atomic mass is 9.68. The first-order valence-electron chi connectivity index (χ1n) is 13.0. The minimum atomic E-state index is -0.212. The maximum absolute atomic E-state index is 12.9. The quantitative estimate of drug-likeness (QED) is 0.238. The molecule has 8 heteroatoms. The number of rotatable bonds is 9. The van der Waals surface area contributed by atoms with E-state index in [-0.39, 0.29) is 54.8 Å². The van der Waals surface area contributed by atoms with Gasteiger partial charge in [0.15, 0.2) is 0 Å². The molecule has 3 fully saturated rings. The highest BCUT2D eigenvalue weighted by Crippen LogP contribution is 2.45. The van der Waals surface area contributed by atoms with Crippen LogP contribution in [0.3, 0.4) is 0 Å². The average molecular weight is 590 g/mol. The number of esters is 1. The summed E-state index contributed by atoms with van der Waals surface area (Å²) in [6.45, 7) is 1.61. The molecular formula is C31H38Cl2N2O3S. The molecule has 6 rings (SSSR count). The highest BCUT2D eigenvalue weighted by molar-refractivity contribution is 7.98. The predicted octanol–water partition coefficient (Wildman–Crippen LogP) is 6.19. The first-order valence-corrected chi connectivity index (χ1v) is 14.2. The third-order valence-electron chi connectivity index (χ3n) is 8.09. The van der Waals surface area contributed by atoms with Crippen molar-refractivity contribution >= 4 is 42.5 Å². The molecule has 3 saturated heterocycles. The van der Waals surface area contributed by atoms with Crippen LogP contribution in [-0.4, -0.2) is 56.0 Å². The van der Waals surface area contributed by atoms with Gasteiger partial charge in [-0.1, -0.05) is 60.7 Å². The first-order chi connectivity index (χ1) is 18.1. The van der Waals surface area contributed by atoms with Crippen molar-refractivity contribution in [2.45, 2.75) is 48.3 Å². The zero-order chi connectivity index (χ0) is 25.8. The van der Waals surface area contributed by atoms with Gasteiger partial charge in [0, 0.05) is 35.0 Å². The number of carbonyl (C=O) groups is 1. The summed E-state index contributed by atoms with van der Waals surface area (Å²) in [5.74, 6) is 1.28. The van der Waals surface area contributed by atoms with Crippen LogP contribution >= 0.6 is 36.6 Å². The topological polar surface area (TPSA) is 50.8 Å². The molecule has 2 bridgehead atoms. The van der Waals surface area contributed by atoms with Gasteiger partial charge in [-0.3, -0.25) is 9.69 Å². The standard InChI is InChI=1S/C31H36N2O3S.2ClH/c1-35-27-15-14-25(37-3)18-24(27)20-32-29-23-16-17-33(26(19-23)31(34)36-2)30(29)28(21-10-6-4-7-11-21)22-12-8-5-9-13-22;;/h4-15,18,23,26,28-30,32H,16-17,19-20H2,1-3H3;2*1H/t23-,26-,29-,30-;;/m1../s1. The Hall–Kier alpha value is -2.22. The summed E-state index contributed by atoms with van der Waals surface area (Å²) in [7, 11) is 3.24. The fourth-order valence-corrected chi connectivity index (χ4v) is 6.85. The number of thioether (sulfide) groups is 1. The van der Waals surface area contributed by atoms with E-state index in [1.807, 2.05) is 0 Å². The molecular weight excluding hydrogens is 551 g/mol. The van der Waals surface area contributed by atoms with Gasteiger partial charge < -0.3 is 14.8 Å². The lowest BCUT2D eigenvalue weighted by Crippen LogP contribution is -2.69. The van der Waals surface area contributed by atoms with Crippen LogP contribution in [0.2, 0.25) is 0 Å². The summed E-state index contributed by atoms with van der Waals surface area (Å²) in [4.78, 5) is 16.6. The third-order valence-corrected chi connectivity index (χ3v) is 8.82. The van der Waals surface area contributed by atoms with Crippen molar-refractivity contribution in [1.82, 2.24) is 10.2 Å². The van der Waals surface area contributed by atoms with Crippen molar-refractivity contribution in [3.05, 3.63) is 95.6 Å². The summed E-state index contributed by atoms with van der Waals surface area (Å²) in [6.07, 6.45) is 3.98. The maximum Gasteiger partial charge on any atom is 0.323 e. The Bertz CT molecular complexity index is 1160. The minimum absolute atomic E-state index is 0. The second kappa shape index (κ2) is 14.4. The van der Waals surface area contributed by atoms with Crippen LogP contribution in [0.1, 0.15) is 35.4 Å². The van der Waals surface area contributed by atoms with Crippen LogP contribution in [0, 0.1) is 5.92 Å². The largest absolute Gasteiger partial charge is 0.496 e. The average Bonchev–Trinajstić information content (AvgIpc) is 2.97. The number of hydrogen-bond acceptors (Lipinski definition) is 6. The molecule has 0 radical (unpaired) electrons. The molecule has 3 aliphatic rings. The Labute approximate surface area is 248 Å². The highest BCUT2D eigenvalue weighted by atomic mass is 35.5. The number of halogens is 2. The highest BCUT2D eigenvalue weighted by Gasteiger charge is 2.52. The Balaban J connectivity index is 0.00000210. The molecule has 0 aromatic heterocycles. The molecule has 3 heterocycles. The Kier molecular flexibility index (Phi) is 11.6. The van der Waals surface area contributed by atoms with Crippen molar-refractivity contribution in [1.29, 1.82) is 0 Å². The van der Waals surface area contributed by atoms with Gasteiger partial charge >= 0.3 is 5.97 Å². The lowest BCUT2D eigenvalue weighted by molar-refractivity contribution is -0.156. The van der Waals surface area contributed by atoms with E-state index < -0.39 is 0 Å². The number of nitrogens with zero attached hydrogens (tertiary/aromatic N) is 1. The van der Waals surface area contributed by atoms with Crippen molar-refractivity contribution < 1.29 is 14.3 Å².